The molecule has 1 aliphatic heterocycles. The summed E-state index contributed by atoms with van der Waals surface area (Å²) in [4.78, 5) is 18.2. The summed E-state index contributed by atoms with van der Waals surface area (Å²) in [6.07, 6.45) is -3.10. The zero-order valence-electron chi connectivity index (χ0n) is 16.5. The van der Waals surface area contributed by atoms with Crippen molar-refractivity contribution >= 4 is 6.09 Å². The van der Waals surface area contributed by atoms with E-state index in [1.54, 1.807) is 31.9 Å². The van der Waals surface area contributed by atoms with E-state index in [2.05, 4.69) is 4.98 Å². The van der Waals surface area contributed by atoms with Crippen molar-refractivity contribution in [3.63, 3.8) is 0 Å². The van der Waals surface area contributed by atoms with Gasteiger partial charge in [-0.1, -0.05) is 6.07 Å². The van der Waals surface area contributed by atoms with Crippen molar-refractivity contribution in [2.75, 3.05) is 13.1 Å². The quantitative estimate of drug-likeness (QED) is 0.685. The minimum absolute atomic E-state index is 0.0187. The lowest BCUT2D eigenvalue weighted by molar-refractivity contribution is -0.138. The van der Waals surface area contributed by atoms with E-state index in [0.717, 1.165) is 12.1 Å². The highest BCUT2D eigenvalue weighted by atomic mass is 19.4. The number of aromatic nitrogens is 2. The van der Waals surface area contributed by atoms with E-state index in [9.17, 15) is 22.4 Å². The molecule has 0 fully saturated rings. The van der Waals surface area contributed by atoms with Gasteiger partial charge in [-0.15, -0.1) is 0 Å². The number of carbonyl (C=O) groups excluding carboxylic acids is 1. The van der Waals surface area contributed by atoms with Gasteiger partial charge in [0.05, 0.1) is 5.56 Å². The van der Waals surface area contributed by atoms with Gasteiger partial charge in [0.15, 0.2) is 0 Å². The molecule has 158 valence electrons. The molecule has 1 amide bonds. The summed E-state index contributed by atoms with van der Waals surface area (Å²) in [6.45, 7) is 6.52. The number of nitrogens with zero attached hydrogens (tertiary/aromatic N) is 3. The molecular formula is C20H23F4N3O2. The molecule has 0 spiro atoms. The number of alkyl halides is 3. The van der Waals surface area contributed by atoms with Crippen molar-refractivity contribution in [2.45, 2.75) is 51.9 Å². The van der Waals surface area contributed by atoms with Gasteiger partial charge in [0.1, 0.15) is 17.2 Å². The number of imidazole rings is 1. The highest BCUT2D eigenvalue weighted by Gasteiger charge is 2.34. The van der Waals surface area contributed by atoms with Crippen molar-refractivity contribution in [1.82, 2.24) is 14.5 Å². The first-order valence-electron chi connectivity index (χ1n) is 9.31. The van der Waals surface area contributed by atoms with Crippen LogP contribution in [-0.4, -0.2) is 39.2 Å². The second kappa shape index (κ2) is 7.68. The van der Waals surface area contributed by atoms with E-state index in [1.165, 1.54) is 0 Å². The van der Waals surface area contributed by atoms with Gasteiger partial charge in [0, 0.05) is 44.4 Å². The lowest BCUT2D eigenvalue weighted by Crippen LogP contribution is -2.38. The Morgan fingerprint density at radius 1 is 1.17 bits per heavy atom. The van der Waals surface area contributed by atoms with Crippen LogP contribution in [0.2, 0.25) is 0 Å². The molecule has 0 saturated carbocycles. The number of hydrogen-bond donors (Lipinski definition) is 0. The van der Waals surface area contributed by atoms with E-state index >= 15 is 0 Å². The molecule has 2 aromatic rings. The number of halogens is 4. The molecule has 0 N–H and O–H groups in total. The van der Waals surface area contributed by atoms with Gasteiger partial charge in [-0.2, -0.15) is 13.2 Å². The lowest BCUT2D eigenvalue weighted by Gasteiger charge is -2.26. The van der Waals surface area contributed by atoms with Crippen LogP contribution in [0.15, 0.2) is 24.4 Å². The van der Waals surface area contributed by atoms with E-state index in [0.29, 0.717) is 43.6 Å². The molecule has 0 unspecified atom stereocenters. The summed E-state index contributed by atoms with van der Waals surface area (Å²) in [5.74, 6) is -0.233. The Kier molecular flexibility index (Phi) is 5.60. The Morgan fingerprint density at radius 2 is 1.90 bits per heavy atom. The third-order valence-electron chi connectivity index (χ3n) is 4.62. The molecule has 0 atom stereocenters. The molecule has 3 rings (SSSR count). The predicted molar refractivity (Wildman–Crippen MR) is 97.9 cm³/mol. The molecule has 0 aliphatic carbocycles. The second-order valence-corrected chi connectivity index (χ2v) is 8.01. The minimum Gasteiger partial charge on any atom is -0.444 e. The van der Waals surface area contributed by atoms with Crippen LogP contribution in [-0.2, 0) is 30.3 Å². The average Bonchev–Trinajstić information content (AvgIpc) is 2.83. The van der Waals surface area contributed by atoms with Gasteiger partial charge >= 0.3 is 12.3 Å². The lowest BCUT2D eigenvalue weighted by atomic mass is 10.0. The average molecular weight is 413 g/mol. The number of carbonyl (C=O) groups is 1. The van der Waals surface area contributed by atoms with E-state index in [-0.39, 0.29) is 12.0 Å². The smallest absolute Gasteiger partial charge is 0.416 e. The van der Waals surface area contributed by atoms with Gasteiger partial charge in [0.25, 0.3) is 0 Å². The molecule has 29 heavy (non-hydrogen) atoms. The maximum atomic E-state index is 13.4. The van der Waals surface area contributed by atoms with E-state index < -0.39 is 29.3 Å². The molecule has 0 radical (unpaired) electrons. The minimum atomic E-state index is -4.65. The Balaban J connectivity index is 1.80. The highest BCUT2D eigenvalue weighted by Crippen LogP contribution is 2.33. The summed E-state index contributed by atoms with van der Waals surface area (Å²) in [5, 5.41) is 0. The summed E-state index contributed by atoms with van der Waals surface area (Å²) < 4.78 is 60.4. The number of fused-ring (bicyclic) bond motifs is 1. The fourth-order valence-electron chi connectivity index (χ4n) is 3.31. The first-order chi connectivity index (χ1) is 13.4. The molecule has 0 saturated heterocycles. The number of ether oxygens (including phenoxy) is 1. The summed E-state index contributed by atoms with van der Waals surface area (Å²) in [6, 6.07) is 2.69. The van der Waals surface area contributed by atoms with Crippen molar-refractivity contribution in [3.05, 3.63) is 52.9 Å². The van der Waals surface area contributed by atoms with Crippen molar-refractivity contribution in [3.8, 4) is 0 Å². The largest absolute Gasteiger partial charge is 0.444 e. The zero-order valence-corrected chi connectivity index (χ0v) is 16.5. The third kappa shape index (κ3) is 5.07. The monoisotopic (exact) mass is 413 g/mol. The fraction of sp³-hybridized carbons (Fsp3) is 0.500. The summed E-state index contributed by atoms with van der Waals surface area (Å²) >= 11 is 0. The second-order valence-electron chi connectivity index (χ2n) is 8.01. The van der Waals surface area contributed by atoms with Crippen LogP contribution in [0.1, 0.15) is 43.4 Å². The molecule has 0 bridgehead atoms. The zero-order chi connectivity index (χ0) is 21.4. The Morgan fingerprint density at radius 3 is 2.55 bits per heavy atom. The van der Waals surface area contributed by atoms with Crippen LogP contribution in [0, 0.1) is 5.82 Å². The molecule has 1 aromatic heterocycles. The van der Waals surface area contributed by atoms with Gasteiger partial charge in [0.2, 0.25) is 0 Å². The predicted octanol–water partition coefficient (Wildman–Crippen LogP) is 4.43. The maximum absolute atomic E-state index is 13.4. The summed E-state index contributed by atoms with van der Waals surface area (Å²) in [7, 11) is 0. The van der Waals surface area contributed by atoms with Crippen molar-refractivity contribution in [1.29, 1.82) is 0 Å². The maximum Gasteiger partial charge on any atom is 0.416 e. The van der Waals surface area contributed by atoms with E-state index in [4.69, 9.17) is 4.74 Å². The number of amides is 1. The van der Waals surface area contributed by atoms with Crippen LogP contribution >= 0.6 is 0 Å². The first kappa shape index (κ1) is 21.1. The van der Waals surface area contributed by atoms with Gasteiger partial charge in [-0.05, 0) is 38.5 Å². The van der Waals surface area contributed by atoms with Crippen molar-refractivity contribution in [2.24, 2.45) is 0 Å². The highest BCUT2D eigenvalue weighted by molar-refractivity contribution is 5.68. The van der Waals surface area contributed by atoms with E-state index in [1.807, 2.05) is 4.57 Å². The molecule has 2 heterocycles. The van der Waals surface area contributed by atoms with Gasteiger partial charge in [-0.25, -0.2) is 14.2 Å². The molecule has 5 nitrogen and oxygen atoms in total. The van der Waals surface area contributed by atoms with Crippen LogP contribution in [0.25, 0.3) is 0 Å². The van der Waals surface area contributed by atoms with Gasteiger partial charge < -0.3 is 14.2 Å². The molecule has 1 aromatic carbocycles. The normalized spacial score (nSPS) is 15.1. The Hall–Kier alpha value is -2.58. The molecular weight excluding hydrogens is 390 g/mol. The molecule has 9 heteroatoms. The summed E-state index contributed by atoms with van der Waals surface area (Å²) in [5.41, 5.74) is -1.03. The van der Waals surface area contributed by atoms with Crippen LogP contribution in [0.5, 0.6) is 0 Å². The molecule has 1 aliphatic rings. The van der Waals surface area contributed by atoms with Crippen LogP contribution in [0.4, 0.5) is 22.4 Å². The third-order valence-corrected chi connectivity index (χ3v) is 4.62. The number of rotatable bonds is 2. The SMILES string of the molecule is CC(C)(C)OC(=O)N1CCc2ncc(Cc3ccc(F)cc3C(F)(F)F)n2CC1. The van der Waals surface area contributed by atoms with Crippen molar-refractivity contribution < 1.29 is 27.1 Å². The van der Waals surface area contributed by atoms with Crippen LogP contribution < -0.4 is 0 Å². The Bertz CT molecular complexity index is 900. The standard InChI is InChI=1S/C20H23F4N3O2/c1-19(2,3)29-18(28)26-7-6-17-25-12-15(27(17)9-8-26)10-13-4-5-14(21)11-16(13)20(22,23)24/h4-5,11-12H,6-10H2,1-3H3. The number of hydrogen-bond acceptors (Lipinski definition) is 3. The topological polar surface area (TPSA) is 47.4 Å². The Labute approximate surface area is 166 Å². The van der Waals surface area contributed by atoms with Gasteiger partial charge in [-0.3, -0.25) is 0 Å². The van der Waals surface area contributed by atoms with Crippen LogP contribution in [0.3, 0.4) is 0 Å². The fourth-order valence-corrected chi connectivity index (χ4v) is 3.31. The first-order valence-corrected chi connectivity index (χ1v) is 9.31. The number of benzene rings is 1.